The number of hydrogen-bond donors (Lipinski definition) is 3. The van der Waals surface area contributed by atoms with Crippen LogP contribution >= 0.6 is 11.6 Å². The molecular weight excluding hydrogens is 516 g/mol. The highest BCUT2D eigenvalue weighted by Gasteiger charge is 2.23. The molecule has 0 spiro atoms. The number of halogens is 1. The molecule has 0 fully saturated rings. The van der Waals surface area contributed by atoms with Crippen LogP contribution in [0.4, 0.5) is 10.5 Å². The zero-order chi connectivity index (χ0) is 26.9. The number of imidazole rings is 1. The number of nitrogens with zero attached hydrogens (tertiary/aromatic N) is 3. The van der Waals surface area contributed by atoms with Gasteiger partial charge in [-0.05, 0) is 29.8 Å². The van der Waals surface area contributed by atoms with Crippen molar-refractivity contribution in [2.75, 3.05) is 0 Å². The normalized spacial score (nSPS) is 11.7. The van der Waals surface area contributed by atoms with Gasteiger partial charge in [0.15, 0.2) is 0 Å². The minimum atomic E-state index is -1.02. The van der Waals surface area contributed by atoms with Gasteiger partial charge in [0.1, 0.15) is 29.2 Å². The van der Waals surface area contributed by atoms with Crippen molar-refractivity contribution in [1.29, 1.82) is 0 Å². The number of carbonyl (C=O) groups excluding carboxylic acids is 2. The second kappa shape index (κ2) is 12.3. The molecule has 12 nitrogen and oxygen atoms in total. The topological polar surface area (TPSA) is 165 Å². The van der Waals surface area contributed by atoms with E-state index in [9.17, 15) is 19.7 Å². The maximum absolute atomic E-state index is 12.8. The third-order valence-corrected chi connectivity index (χ3v) is 5.54. The molecular formula is C25H21ClN6O6. The van der Waals surface area contributed by atoms with E-state index in [0.717, 1.165) is 5.56 Å². The lowest BCUT2D eigenvalue weighted by atomic mass is 10.1. The average Bonchev–Trinajstić information content (AvgIpc) is 3.60. The maximum atomic E-state index is 12.8. The lowest BCUT2D eigenvalue weighted by Gasteiger charge is -2.16. The number of nitro groups is 1. The molecule has 13 heteroatoms. The van der Waals surface area contributed by atoms with Crippen LogP contribution in [0.2, 0.25) is 5.02 Å². The first-order chi connectivity index (χ1) is 18.4. The van der Waals surface area contributed by atoms with E-state index in [1.54, 1.807) is 18.2 Å². The first-order valence-corrected chi connectivity index (χ1v) is 11.6. The minimum Gasteiger partial charge on any atom is -0.455 e. The van der Waals surface area contributed by atoms with Crippen LogP contribution in [0.1, 0.15) is 17.0 Å². The SMILES string of the molecule is O=C(N[C@@H](Cc1cnc[nH]1)C(=O)N/N=C\c1ccc(-c2ccc(Cl)c([N+](=O)[O-])c2)o1)OCc1ccccc1. The summed E-state index contributed by atoms with van der Waals surface area (Å²) >= 11 is 5.86. The Kier molecular flexibility index (Phi) is 8.46. The van der Waals surface area contributed by atoms with Crippen LogP contribution < -0.4 is 10.7 Å². The van der Waals surface area contributed by atoms with Gasteiger partial charge in [-0.25, -0.2) is 15.2 Å². The number of hydrazone groups is 1. The van der Waals surface area contributed by atoms with Crippen molar-refractivity contribution in [2.45, 2.75) is 19.1 Å². The largest absolute Gasteiger partial charge is 0.455 e. The van der Waals surface area contributed by atoms with E-state index in [2.05, 4.69) is 25.8 Å². The summed E-state index contributed by atoms with van der Waals surface area (Å²) in [7, 11) is 0. The quantitative estimate of drug-likeness (QED) is 0.155. The monoisotopic (exact) mass is 536 g/mol. The van der Waals surface area contributed by atoms with E-state index in [1.807, 2.05) is 30.3 Å². The average molecular weight is 537 g/mol. The van der Waals surface area contributed by atoms with Gasteiger partial charge >= 0.3 is 6.09 Å². The van der Waals surface area contributed by atoms with Crippen LogP contribution in [0.3, 0.4) is 0 Å². The first kappa shape index (κ1) is 26.1. The third kappa shape index (κ3) is 7.04. The number of furan rings is 1. The lowest BCUT2D eigenvalue weighted by Crippen LogP contribution is -2.47. The number of amides is 2. The van der Waals surface area contributed by atoms with Gasteiger partial charge < -0.3 is 19.5 Å². The number of ether oxygens (including phenoxy) is 1. The van der Waals surface area contributed by atoms with Crippen LogP contribution in [0.5, 0.6) is 0 Å². The summed E-state index contributed by atoms with van der Waals surface area (Å²) < 4.78 is 10.9. The Morgan fingerprint density at radius 2 is 2.03 bits per heavy atom. The number of alkyl carbamates (subject to hydrolysis) is 1. The number of nitro benzene ring substituents is 1. The summed E-state index contributed by atoms with van der Waals surface area (Å²) in [5.41, 5.74) is 3.98. The number of benzene rings is 2. The molecule has 2 aromatic carbocycles. The maximum Gasteiger partial charge on any atom is 0.408 e. The summed E-state index contributed by atoms with van der Waals surface area (Å²) in [6.45, 7) is 0.0425. The predicted molar refractivity (Wildman–Crippen MR) is 137 cm³/mol. The molecule has 0 aliphatic heterocycles. The molecule has 1 atom stereocenters. The van der Waals surface area contributed by atoms with E-state index in [4.69, 9.17) is 20.8 Å². The van der Waals surface area contributed by atoms with Crippen molar-refractivity contribution in [3.8, 4) is 11.3 Å². The molecule has 38 heavy (non-hydrogen) atoms. The van der Waals surface area contributed by atoms with Gasteiger partial charge in [0.25, 0.3) is 11.6 Å². The molecule has 0 aliphatic carbocycles. The number of nitrogens with one attached hydrogen (secondary N) is 3. The Labute approximate surface area is 220 Å². The van der Waals surface area contributed by atoms with E-state index in [-0.39, 0.29) is 29.5 Å². The first-order valence-electron chi connectivity index (χ1n) is 11.2. The van der Waals surface area contributed by atoms with E-state index >= 15 is 0 Å². The predicted octanol–water partition coefficient (Wildman–Crippen LogP) is 4.22. The fourth-order valence-corrected chi connectivity index (χ4v) is 3.54. The number of rotatable bonds is 10. The van der Waals surface area contributed by atoms with Crippen molar-refractivity contribution >= 4 is 35.5 Å². The molecule has 0 aliphatic rings. The Bertz CT molecular complexity index is 1440. The molecule has 0 radical (unpaired) electrons. The number of aromatic nitrogens is 2. The van der Waals surface area contributed by atoms with Gasteiger partial charge in [-0.1, -0.05) is 41.9 Å². The zero-order valence-corrected chi connectivity index (χ0v) is 20.4. The Hall–Kier alpha value is -4.97. The lowest BCUT2D eigenvalue weighted by molar-refractivity contribution is -0.384. The molecule has 2 amide bonds. The highest BCUT2D eigenvalue weighted by Crippen LogP contribution is 2.31. The van der Waals surface area contributed by atoms with Gasteiger partial charge in [0.2, 0.25) is 0 Å². The molecule has 4 rings (SSSR count). The van der Waals surface area contributed by atoms with Crippen LogP contribution in [0.25, 0.3) is 11.3 Å². The molecule has 4 aromatic rings. The van der Waals surface area contributed by atoms with Crippen molar-refractivity contribution in [2.24, 2.45) is 5.10 Å². The van der Waals surface area contributed by atoms with Crippen molar-refractivity contribution in [3.63, 3.8) is 0 Å². The minimum absolute atomic E-state index is 0.0112. The Morgan fingerprint density at radius 3 is 2.76 bits per heavy atom. The molecule has 0 unspecified atom stereocenters. The number of hydrogen-bond acceptors (Lipinski definition) is 8. The molecule has 2 heterocycles. The van der Waals surface area contributed by atoms with Crippen LogP contribution in [-0.2, 0) is 22.6 Å². The fourth-order valence-electron chi connectivity index (χ4n) is 3.35. The van der Waals surface area contributed by atoms with E-state index in [1.165, 1.54) is 30.9 Å². The van der Waals surface area contributed by atoms with Crippen LogP contribution in [0.15, 0.2) is 82.7 Å². The van der Waals surface area contributed by atoms with Crippen molar-refractivity contribution < 1.29 is 23.7 Å². The summed E-state index contributed by atoms with van der Waals surface area (Å²) in [6, 6.07) is 15.6. The highest BCUT2D eigenvalue weighted by atomic mass is 35.5. The van der Waals surface area contributed by atoms with Gasteiger partial charge in [0.05, 0.1) is 17.5 Å². The highest BCUT2D eigenvalue weighted by molar-refractivity contribution is 6.32. The standard InChI is InChI=1S/C25H21ClN6O6/c26-20-8-6-17(10-22(20)32(35)36)23-9-7-19(38-23)13-29-31-24(33)21(11-18-12-27-15-28-18)30-25(34)37-14-16-4-2-1-3-5-16/h1-10,12-13,15,21H,11,14H2,(H,27,28)(H,30,34)(H,31,33)/b29-13-/t21-/m0/s1. The number of carbonyl (C=O) groups is 2. The molecule has 0 saturated heterocycles. The summed E-state index contributed by atoms with van der Waals surface area (Å²) in [5, 5.41) is 17.6. The second-order valence-corrected chi connectivity index (χ2v) is 8.31. The molecule has 0 bridgehead atoms. The molecule has 194 valence electrons. The van der Waals surface area contributed by atoms with Crippen molar-refractivity contribution in [3.05, 3.63) is 105 Å². The summed E-state index contributed by atoms with van der Waals surface area (Å²) in [4.78, 5) is 42.5. The smallest absolute Gasteiger partial charge is 0.408 e. The van der Waals surface area contributed by atoms with Gasteiger partial charge in [0, 0.05) is 29.9 Å². The second-order valence-electron chi connectivity index (χ2n) is 7.90. The van der Waals surface area contributed by atoms with Crippen LogP contribution in [0, 0.1) is 10.1 Å². The molecule has 0 saturated carbocycles. The molecule has 3 N–H and O–H groups in total. The van der Waals surface area contributed by atoms with E-state index in [0.29, 0.717) is 17.0 Å². The fraction of sp³-hybridized carbons (Fsp3) is 0.120. The van der Waals surface area contributed by atoms with Crippen LogP contribution in [-0.4, -0.2) is 39.1 Å². The summed E-state index contributed by atoms with van der Waals surface area (Å²) in [5.74, 6) is 0.0170. The van der Waals surface area contributed by atoms with E-state index < -0.39 is 23.0 Å². The third-order valence-electron chi connectivity index (χ3n) is 5.22. The van der Waals surface area contributed by atoms with Gasteiger partial charge in [-0.3, -0.25) is 14.9 Å². The molecule has 2 aromatic heterocycles. The van der Waals surface area contributed by atoms with Crippen molar-refractivity contribution in [1.82, 2.24) is 20.7 Å². The Balaban J connectivity index is 1.38. The number of H-pyrrole nitrogens is 1. The van der Waals surface area contributed by atoms with Gasteiger partial charge in [-0.2, -0.15) is 5.10 Å². The zero-order valence-electron chi connectivity index (χ0n) is 19.7. The number of aromatic amines is 1. The summed E-state index contributed by atoms with van der Waals surface area (Å²) in [6.07, 6.45) is 3.59. The van der Waals surface area contributed by atoms with Gasteiger partial charge in [-0.15, -0.1) is 0 Å². The Morgan fingerprint density at radius 1 is 1.21 bits per heavy atom.